The van der Waals surface area contributed by atoms with Gasteiger partial charge < -0.3 is 19.7 Å². The van der Waals surface area contributed by atoms with Gasteiger partial charge in [-0.05, 0) is 19.1 Å². The van der Waals surface area contributed by atoms with Crippen LogP contribution in [0, 0.1) is 0 Å². The summed E-state index contributed by atoms with van der Waals surface area (Å²) in [5.41, 5.74) is 1.19. The number of hydrogen-bond acceptors (Lipinski definition) is 4. The molecule has 0 aliphatic carbocycles. The highest BCUT2D eigenvalue weighted by molar-refractivity contribution is 5.85. The summed E-state index contributed by atoms with van der Waals surface area (Å²) in [6.45, 7) is 5.28. The normalized spacial score (nSPS) is 19.1. The van der Waals surface area contributed by atoms with Crippen molar-refractivity contribution in [3.63, 3.8) is 0 Å². The van der Waals surface area contributed by atoms with Crippen LogP contribution in [0.1, 0.15) is 6.92 Å². The number of halogens is 1. The van der Waals surface area contributed by atoms with Crippen LogP contribution in [0.4, 0.5) is 5.69 Å². The smallest absolute Gasteiger partial charge is 0.162 e. The standard InChI is InChI=1S/C13H20N2O2.ClH/c1-10-9-15(7-6-14-10)11-4-5-12(16-2)13(8-11)17-3;/h4-5,8,10,14H,6-7,9H2,1-3H3;1H/t10-;/m1./s1. The number of anilines is 1. The zero-order valence-corrected chi connectivity index (χ0v) is 11.9. The Morgan fingerprint density at radius 1 is 1.22 bits per heavy atom. The first-order valence-corrected chi connectivity index (χ1v) is 5.95. The third-order valence-electron chi connectivity index (χ3n) is 3.10. The van der Waals surface area contributed by atoms with E-state index in [4.69, 9.17) is 9.47 Å². The molecule has 0 saturated carbocycles. The summed E-state index contributed by atoms with van der Waals surface area (Å²) in [5.74, 6) is 1.57. The zero-order chi connectivity index (χ0) is 12.3. The maximum absolute atomic E-state index is 5.33. The number of piperazine rings is 1. The molecule has 18 heavy (non-hydrogen) atoms. The molecule has 1 fully saturated rings. The Labute approximate surface area is 115 Å². The van der Waals surface area contributed by atoms with E-state index in [1.54, 1.807) is 14.2 Å². The summed E-state index contributed by atoms with van der Waals surface area (Å²) in [6.07, 6.45) is 0. The lowest BCUT2D eigenvalue weighted by atomic mass is 10.2. The molecule has 0 aromatic heterocycles. The number of benzene rings is 1. The summed E-state index contributed by atoms with van der Waals surface area (Å²) < 4.78 is 10.6. The van der Waals surface area contributed by atoms with Crippen molar-refractivity contribution in [2.45, 2.75) is 13.0 Å². The summed E-state index contributed by atoms with van der Waals surface area (Å²) in [7, 11) is 3.33. The van der Waals surface area contributed by atoms with Gasteiger partial charge in [0.2, 0.25) is 0 Å². The minimum absolute atomic E-state index is 0. The van der Waals surface area contributed by atoms with Gasteiger partial charge in [-0.2, -0.15) is 0 Å². The second kappa shape index (κ2) is 6.71. The maximum atomic E-state index is 5.33. The maximum Gasteiger partial charge on any atom is 0.162 e. The topological polar surface area (TPSA) is 33.7 Å². The molecule has 4 nitrogen and oxygen atoms in total. The van der Waals surface area contributed by atoms with Crippen molar-refractivity contribution in [2.75, 3.05) is 38.8 Å². The summed E-state index contributed by atoms with van der Waals surface area (Å²) >= 11 is 0. The number of rotatable bonds is 3. The first-order valence-electron chi connectivity index (χ1n) is 5.95. The van der Waals surface area contributed by atoms with E-state index in [2.05, 4.69) is 23.2 Å². The molecule has 102 valence electrons. The fourth-order valence-electron chi connectivity index (χ4n) is 2.19. The highest BCUT2D eigenvalue weighted by atomic mass is 35.5. The third kappa shape index (κ3) is 3.21. The van der Waals surface area contributed by atoms with Gasteiger partial charge in [-0.1, -0.05) is 0 Å². The third-order valence-corrected chi connectivity index (χ3v) is 3.10. The van der Waals surface area contributed by atoms with Crippen molar-refractivity contribution in [3.8, 4) is 11.5 Å². The second-order valence-electron chi connectivity index (χ2n) is 4.34. The predicted octanol–water partition coefficient (Wildman–Crippen LogP) is 1.92. The van der Waals surface area contributed by atoms with Crippen LogP contribution in [-0.2, 0) is 0 Å². The van der Waals surface area contributed by atoms with Gasteiger partial charge in [0.05, 0.1) is 14.2 Å². The molecule has 1 heterocycles. The van der Waals surface area contributed by atoms with E-state index in [9.17, 15) is 0 Å². The highest BCUT2D eigenvalue weighted by Gasteiger charge is 2.17. The van der Waals surface area contributed by atoms with Crippen molar-refractivity contribution in [3.05, 3.63) is 18.2 Å². The minimum Gasteiger partial charge on any atom is -0.493 e. The Morgan fingerprint density at radius 2 is 1.94 bits per heavy atom. The first kappa shape index (κ1) is 14.9. The van der Waals surface area contributed by atoms with Crippen LogP contribution >= 0.6 is 12.4 Å². The summed E-state index contributed by atoms with van der Waals surface area (Å²) in [5, 5.41) is 3.44. The van der Waals surface area contributed by atoms with Gasteiger partial charge >= 0.3 is 0 Å². The monoisotopic (exact) mass is 272 g/mol. The van der Waals surface area contributed by atoms with Crippen molar-refractivity contribution < 1.29 is 9.47 Å². The lowest BCUT2D eigenvalue weighted by Crippen LogP contribution is -2.49. The molecule has 1 aliphatic heterocycles. The van der Waals surface area contributed by atoms with E-state index in [0.29, 0.717) is 6.04 Å². The molecule has 0 radical (unpaired) electrons. The van der Waals surface area contributed by atoms with Crippen LogP contribution in [0.15, 0.2) is 18.2 Å². The molecule has 1 aromatic carbocycles. The number of nitrogens with zero attached hydrogens (tertiary/aromatic N) is 1. The summed E-state index contributed by atoms with van der Waals surface area (Å²) in [4.78, 5) is 2.36. The zero-order valence-electron chi connectivity index (χ0n) is 11.1. The molecule has 1 saturated heterocycles. The van der Waals surface area contributed by atoms with Gasteiger partial charge in [0, 0.05) is 37.4 Å². The quantitative estimate of drug-likeness (QED) is 0.912. The molecule has 0 bridgehead atoms. The predicted molar refractivity (Wildman–Crippen MR) is 76.5 cm³/mol. The number of ether oxygens (including phenoxy) is 2. The van der Waals surface area contributed by atoms with Crippen LogP contribution in [0.25, 0.3) is 0 Å². The number of nitrogens with one attached hydrogen (secondary N) is 1. The van der Waals surface area contributed by atoms with Crippen LogP contribution < -0.4 is 19.7 Å². The molecular formula is C13H21ClN2O2. The number of methoxy groups -OCH3 is 2. The first-order chi connectivity index (χ1) is 8.24. The van der Waals surface area contributed by atoms with Crippen LogP contribution in [0.2, 0.25) is 0 Å². The summed E-state index contributed by atoms with van der Waals surface area (Å²) in [6, 6.07) is 6.61. The molecule has 1 aromatic rings. The van der Waals surface area contributed by atoms with E-state index in [-0.39, 0.29) is 12.4 Å². The highest BCUT2D eigenvalue weighted by Crippen LogP contribution is 2.31. The lowest BCUT2D eigenvalue weighted by molar-refractivity contribution is 0.355. The van der Waals surface area contributed by atoms with E-state index < -0.39 is 0 Å². The van der Waals surface area contributed by atoms with Crippen molar-refractivity contribution in [1.29, 1.82) is 0 Å². The van der Waals surface area contributed by atoms with Crippen molar-refractivity contribution in [2.24, 2.45) is 0 Å². The van der Waals surface area contributed by atoms with Crippen molar-refractivity contribution in [1.82, 2.24) is 5.32 Å². The van der Waals surface area contributed by atoms with Gasteiger partial charge in [0.1, 0.15) is 0 Å². The fraction of sp³-hybridized carbons (Fsp3) is 0.538. The van der Waals surface area contributed by atoms with Crippen LogP contribution in [0.3, 0.4) is 0 Å². The Hall–Kier alpha value is -1.13. The molecule has 0 amide bonds. The van der Waals surface area contributed by atoms with E-state index >= 15 is 0 Å². The van der Waals surface area contributed by atoms with E-state index in [1.165, 1.54) is 5.69 Å². The Balaban J connectivity index is 0.00000162. The SMILES string of the molecule is COc1ccc(N2CCN[C@H](C)C2)cc1OC.Cl. The van der Waals surface area contributed by atoms with E-state index in [1.807, 2.05) is 12.1 Å². The Morgan fingerprint density at radius 3 is 2.56 bits per heavy atom. The van der Waals surface area contributed by atoms with Crippen LogP contribution in [0.5, 0.6) is 11.5 Å². The molecular weight excluding hydrogens is 252 g/mol. The minimum atomic E-state index is 0. The lowest BCUT2D eigenvalue weighted by Gasteiger charge is -2.33. The van der Waals surface area contributed by atoms with Gasteiger partial charge in [-0.3, -0.25) is 0 Å². The van der Waals surface area contributed by atoms with Gasteiger partial charge in [-0.15, -0.1) is 12.4 Å². The second-order valence-corrected chi connectivity index (χ2v) is 4.34. The molecule has 5 heteroatoms. The molecule has 0 unspecified atom stereocenters. The molecule has 2 rings (SSSR count). The molecule has 0 spiro atoms. The largest absolute Gasteiger partial charge is 0.493 e. The van der Waals surface area contributed by atoms with Gasteiger partial charge in [0.25, 0.3) is 0 Å². The average Bonchev–Trinajstić information content (AvgIpc) is 2.38. The molecule has 1 atom stereocenters. The van der Waals surface area contributed by atoms with Gasteiger partial charge in [-0.25, -0.2) is 0 Å². The Bertz CT molecular complexity index is 387. The van der Waals surface area contributed by atoms with Crippen molar-refractivity contribution >= 4 is 18.1 Å². The molecule has 1 N–H and O–H groups in total. The average molecular weight is 273 g/mol. The fourth-order valence-corrected chi connectivity index (χ4v) is 2.19. The Kier molecular flexibility index (Phi) is 5.56. The molecule has 1 aliphatic rings. The number of hydrogen-bond donors (Lipinski definition) is 1. The van der Waals surface area contributed by atoms with Gasteiger partial charge in [0.15, 0.2) is 11.5 Å². The van der Waals surface area contributed by atoms with E-state index in [0.717, 1.165) is 31.1 Å². The van der Waals surface area contributed by atoms with Crippen LogP contribution in [-0.4, -0.2) is 39.9 Å².